The summed E-state index contributed by atoms with van der Waals surface area (Å²) in [6, 6.07) is 0. The van der Waals surface area contributed by atoms with Crippen LogP contribution >= 0.6 is 0 Å². The fourth-order valence-electron chi connectivity index (χ4n) is 2.82. The monoisotopic (exact) mass is 191 g/mol. The van der Waals surface area contributed by atoms with Crippen LogP contribution in [0.15, 0.2) is 0 Å². The smallest absolute Gasteiger partial charge is 0.135 e. The molecule has 3 nitrogen and oxygen atoms in total. The van der Waals surface area contributed by atoms with Gasteiger partial charge in [0.15, 0.2) is 0 Å². The summed E-state index contributed by atoms with van der Waals surface area (Å²) in [5.74, 6) is 2.92. The van der Waals surface area contributed by atoms with Gasteiger partial charge < -0.3 is 4.57 Å². The molecule has 14 heavy (non-hydrogen) atoms. The molecule has 1 aromatic heterocycles. The summed E-state index contributed by atoms with van der Waals surface area (Å²) >= 11 is 0. The Morgan fingerprint density at radius 3 is 2.64 bits per heavy atom. The van der Waals surface area contributed by atoms with E-state index >= 15 is 0 Å². The molecular formula is C11H17N3. The summed E-state index contributed by atoms with van der Waals surface area (Å²) in [6.45, 7) is 5.58. The Morgan fingerprint density at radius 2 is 2.07 bits per heavy atom. The van der Waals surface area contributed by atoms with E-state index in [2.05, 4.69) is 28.6 Å². The van der Waals surface area contributed by atoms with E-state index in [0.717, 1.165) is 0 Å². The average Bonchev–Trinajstić information content (AvgIpc) is 2.55. The Bertz CT molecular complexity index is 361. The largest absolute Gasteiger partial charge is 0.314 e. The third-order valence-electron chi connectivity index (χ3n) is 3.81. The van der Waals surface area contributed by atoms with Crippen molar-refractivity contribution >= 4 is 0 Å². The number of hydrogen-bond donors (Lipinski definition) is 0. The summed E-state index contributed by atoms with van der Waals surface area (Å²) in [6.07, 6.45) is 5.38. The molecule has 0 unspecified atom stereocenters. The highest BCUT2D eigenvalue weighted by atomic mass is 15.3. The van der Waals surface area contributed by atoms with Crippen LogP contribution in [0.25, 0.3) is 0 Å². The quantitative estimate of drug-likeness (QED) is 0.680. The third kappa shape index (κ3) is 0.983. The van der Waals surface area contributed by atoms with Crippen LogP contribution in [0, 0.1) is 5.41 Å². The lowest BCUT2D eigenvalue weighted by Gasteiger charge is -2.37. The zero-order valence-electron chi connectivity index (χ0n) is 8.95. The van der Waals surface area contributed by atoms with Gasteiger partial charge >= 0.3 is 0 Å². The molecule has 0 aromatic carbocycles. The van der Waals surface area contributed by atoms with Gasteiger partial charge in [-0.3, -0.25) is 0 Å². The second-order valence-electron chi connectivity index (χ2n) is 5.25. The highest BCUT2D eigenvalue weighted by Crippen LogP contribution is 2.48. The van der Waals surface area contributed by atoms with E-state index in [1.807, 2.05) is 0 Å². The normalized spacial score (nSPS) is 22.8. The second-order valence-corrected chi connectivity index (χ2v) is 5.25. The van der Waals surface area contributed by atoms with Crippen LogP contribution in [0.3, 0.4) is 0 Å². The second kappa shape index (κ2) is 2.59. The maximum atomic E-state index is 4.31. The first-order chi connectivity index (χ1) is 6.70. The van der Waals surface area contributed by atoms with Crippen LogP contribution in [0.4, 0.5) is 0 Å². The van der Waals surface area contributed by atoms with E-state index < -0.39 is 0 Å². The number of nitrogens with zero attached hydrogens (tertiary/aromatic N) is 3. The van der Waals surface area contributed by atoms with Crippen molar-refractivity contribution in [1.29, 1.82) is 0 Å². The number of aromatic nitrogens is 3. The Morgan fingerprint density at radius 1 is 1.29 bits per heavy atom. The Hall–Kier alpha value is -0.860. The van der Waals surface area contributed by atoms with Crippen molar-refractivity contribution in [3.05, 3.63) is 11.6 Å². The molecule has 3 rings (SSSR count). The topological polar surface area (TPSA) is 30.7 Å². The van der Waals surface area contributed by atoms with Crippen LogP contribution < -0.4 is 0 Å². The minimum absolute atomic E-state index is 0.506. The molecule has 0 bridgehead atoms. The van der Waals surface area contributed by atoms with Gasteiger partial charge in [0.05, 0.1) is 0 Å². The van der Waals surface area contributed by atoms with Gasteiger partial charge in [-0.1, -0.05) is 20.3 Å². The van der Waals surface area contributed by atoms with Crippen LogP contribution in [0.1, 0.15) is 50.7 Å². The van der Waals surface area contributed by atoms with E-state index in [-0.39, 0.29) is 0 Å². The van der Waals surface area contributed by atoms with Crippen LogP contribution in [-0.4, -0.2) is 14.8 Å². The predicted molar refractivity (Wildman–Crippen MR) is 54.1 cm³/mol. The lowest BCUT2D eigenvalue weighted by molar-refractivity contribution is 0.131. The molecule has 0 N–H and O–H groups in total. The first kappa shape index (κ1) is 8.45. The Balaban J connectivity index is 1.95. The molecule has 1 fully saturated rings. The molecule has 3 heteroatoms. The van der Waals surface area contributed by atoms with E-state index in [0.29, 0.717) is 11.3 Å². The van der Waals surface area contributed by atoms with E-state index in [4.69, 9.17) is 0 Å². The lowest BCUT2D eigenvalue weighted by Crippen LogP contribution is -2.31. The van der Waals surface area contributed by atoms with Crippen LogP contribution in [-0.2, 0) is 13.0 Å². The predicted octanol–water partition coefficient (Wildman–Crippen LogP) is 2.13. The van der Waals surface area contributed by atoms with E-state index in [9.17, 15) is 0 Å². The van der Waals surface area contributed by atoms with Gasteiger partial charge in [-0.15, -0.1) is 10.2 Å². The van der Waals surface area contributed by atoms with Crippen molar-refractivity contribution in [3.8, 4) is 0 Å². The molecular weight excluding hydrogens is 174 g/mol. The molecule has 0 amide bonds. The van der Waals surface area contributed by atoms with Crippen molar-refractivity contribution in [3.63, 3.8) is 0 Å². The van der Waals surface area contributed by atoms with Crippen LogP contribution in [0.2, 0.25) is 0 Å². The molecule has 0 radical (unpaired) electrons. The minimum Gasteiger partial charge on any atom is -0.314 e. The number of rotatable bonds is 1. The molecule has 1 aliphatic carbocycles. The summed E-state index contributed by atoms with van der Waals surface area (Å²) in [7, 11) is 0. The van der Waals surface area contributed by atoms with E-state index in [1.54, 1.807) is 0 Å². The standard InChI is InChI=1S/C11H17N3/c1-8(2)10-13-12-9-6-11(4-3-5-11)7-14(9)10/h8H,3-7H2,1-2H3. The van der Waals surface area contributed by atoms with Gasteiger partial charge in [-0.25, -0.2) is 0 Å². The third-order valence-corrected chi connectivity index (χ3v) is 3.81. The first-order valence-corrected chi connectivity index (χ1v) is 5.62. The van der Waals surface area contributed by atoms with E-state index in [1.165, 1.54) is 43.9 Å². The van der Waals surface area contributed by atoms with Gasteiger partial charge in [-0.2, -0.15) is 0 Å². The van der Waals surface area contributed by atoms with Crippen LogP contribution in [0.5, 0.6) is 0 Å². The molecule has 2 aliphatic rings. The summed E-state index contributed by atoms with van der Waals surface area (Å²) in [4.78, 5) is 0. The Kier molecular flexibility index (Phi) is 1.56. The maximum absolute atomic E-state index is 4.31. The molecule has 76 valence electrons. The SMILES string of the molecule is CC(C)c1nnc2n1CC1(CCC1)C2. The summed E-state index contributed by atoms with van der Waals surface area (Å²) in [5.41, 5.74) is 0.592. The highest BCUT2D eigenvalue weighted by Gasteiger charge is 2.44. The fourth-order valence-corrected chi connectivity index (χ4v) is 2.82. The lowest BCUT2D eigenvalue weighted by atomic mass is 9.68. The average molecular weight is 191 g/mol. The van der Waals surface area contributed by atoms with Crippen molar-refractivity contribution in [2.75, 3.05) is 0 Å². The zero-order valence-corrected chi connectivity index (χ0v) is 8.95. The first-order valence-electron chi connectivity index (χ1n) is 5.62. The number of fused-ring (bicyclic) bond motifs is 1. The van der Waals surface area contributed by atoms with Crippen molar-refractivity contribution in [1.82, 2.24) is 14.8 Å². The van der Waals surface area contributed by atoms with Crippen molar-refractivity contribution in [2.45, 2.75) is 52.0 Å². The van der Waals surface area contributed by atoms with Gasteiger partial charge in [0.25, 0.3) is 0 Å². The molecule has 1 saturated carbocycles. The fraction of sp³-hybridized carbons (Fsp3) is 0.818. The van der Waals surface area contributed by atoms with Crippen molar-refractivity contribution in [2.24, 2.45) is 5.41 Å². The Labute approximate surface area is 84.5 Å². The van der Waals surface area contributed by atoms with Gasteiger partial charge in [-0.05, 0) is 18.3 Å². The molecule has 0 atom stereocenters. The minimum atomic E-state index is 0.506. The molecule has 2 heterocycles. The van der Waals surface area contributed by atoms with Crippen molar-refractivity contribution < 1.29 is 0 Å². The molecule has 1 aromatic rings. The van der Waals surface area contributed by atoms with Gasteiger partial charge in [0.1, 0.15) is 11.6 Å². The number of hydrogen-bond acceptors (Lipinski definition) is 2. The van der Waals surface area contributed by atoms with Gasteiger partial charge in [0, 0.05) is 18.9 Å². The van der Waals surface area contributed by atoms with Gasteiger partial charge in [0.2, 0.25) is 0 Å². The highest BCUT2D eigenvalue weighted by molar-refractivity contribution is 5.11. The summed E-state index contributed by atoms with van der Waals surface area (Å²) in [5, 5.41) is 8.58. The molecule has 1 aliphatic heterocycles. The maximum Gasteiger partial charge on any atom is 0.135 e. The summed E-state index contributed by atoms with van der Waals surface area (Å²) < 4.78 is 2.36. The molecule has 0 saturated heterocycles. The molecule has 1 spiro atoms. The zero-order chi connectivity index (χ0) is 9.76.